The van der Waals surface area contributed by atoms with Crippen molar-refractivity contribution < 1.29 is 23.0 Å². The Morgan fingerprint density at radius 3 is 2.11 bits per heavy atom. The smallest absolute Gasteiger partial charge is 0.203 e. The molecule has 0 radical (unpaired) electrons. The van der Waals surface area contributed by atoms with Gasteiger partial charge in [0.15, 0.2) is 23.1 Å². The van der Waals surface area contributed by atoms with E-state index in [1.807, 2.05) is 18.2 Å². The third-order valence-corrected chi connectivity index (χ3v) is 6.13. The number of pyridine rings is 1. The van der Waals surface area contributed by atoms with Crippen LogP contribution in [0, 0.1) is 11.6 Å². The molecular weight excluding hydrogens is 511 g/mol. The summed E-state index contributed by atoms with van der Waals surface area (Å²) in [4.78, 5) is 6.59. The van der Waals surface area contributed by atoms with Crippen LogP contribution in [-0.4, -0.2) is 45.4 Å². The number of rotatable bonds is 8. The minimum Gasteiger partial charge on any atom is -0.493 e. The molecule has 6 nitrogen and oxygen atoms in total. The van der Waals surface area contributed by atoms with Gasteiger partial charge in [0.25, 0.3) is 0 Å². The van der Waals surface area contributed by atoms with E-state index in [1.165, 1.54) is 12.1 Å². The molecule has 1 N–H and O–H groups in total. The van der Waals surface area contributed by atoms with Crippen LogP contribution >= 0.6 is 24.8 Å². The van der Waals surface area contributed by atoms with Crippen molar-refractivity contribution in [3.63, 3.8) is 0 Å². The first-order chi connectivity index (χ1) is 16.5. The number of halogens is 4. The highest BCUT2D eigenvalue weighted by molar-refractivity contribution is 5.85. The van der Waals surface area contributed by atoms with Gasteiger partial charge in [0.1, 0.15) is 0 Å². The molecule has 2 aromatic carbocycles. The lowest BCUT2D eigenvalue weighted by Crippen LogP contribution is -2.43. The average Bonchev–Trinajstić information content (AvgIpc) is 2.88. The molecule has 4 rings (SSSR count). The lowest BCUT2D eigenvalue weighted by molar-refractivity contribution is 0.324. The van der Waals surface area contributed by atoms with Gasteiger partial charge in [0.2, 0.25) is 5.75 Å². The van der Waals surface area contributed by atoms with Crippen LogP contribution in [0.4, 0.5) is 14.5 Å². The third kappa shape index (κ3) is 6.49. The van der Waals surface area contributed by atoms with Gasteiger partial charge in [-0.15, -0.1) is 24.8 Å². The van der Waals surface area contributed by atoms with Gasteiger partial charge in [-0.05, 0) is 67.4 Å². The van der Waals surface area contributed by atoms with Crippen LogP contribution in [-0.2, 0) is 6.54 Å². The number of nitrogens with zero attached hydrogens (tertiary/aromatic N) is 2. The highest BCUT2D eigenvalue weighted by Crippen LogP contribution is 2.41. The Hall–Kier alpha value is -2.81. The molecule has 0 bridgehead atoms. The van der Waals surface area contributed by atoms with Crippen LogP contribution in [0.1, 0.15) is 18.4 Å². The van der Waals surface area contributed by atoms with Gasteiger partial charge in [0.05, 0.1) is 21.3 Å². The highest BCUT2D eigenvalue weighted by Gasteiger charge is 2.23. The number of aromatic nitrogens is 1. The number of hydrogen-bond donors (Lipinski definition) is 1. The van der Waals surface area contributed by atoms with E-state index in [4.69, 9.17) is 14.2 Å². The fraction of sp³-hybridized carbons (Fsp3) is 0.346. The lowest BCUT2D eigenvalue weighted by Gasteiger charge is -2.36. The summed E-state index contributed by atoms with van der Waals surface area (Å²) >= 11 is 0. The van der Waals surface area contributed by atoms with Gasteiger partial charge in [0, 0.05) is 42.3 Å². The van der Waals surface area contributed by atoms with E-state index in [9.17, 15) is 8.78 Å². The Bertz CT molecular complexity index is 1120. The number of hydrogen-bond acceptors (Lipinski definition) is 6. The van der Waals surface area contributed by atoms with Gasteiger partial charge < -0.3 is 24.4 Å². The monoisotopic (exact) mass is 541 g/mol. The van der Waals surface area contributed by atoms with Gasteiger partial charge in [-0.25, -0.2) is 8.78 Å². The molecule has 1 aliphatic rings. The molecule has 1 saturated heterocycles. The van der Waals surface area contributed by atoms with Gasteiger partial charge in [-0.1, -0.05) is 0 Å². The van der Waals surface area contributed by atoms with Crippen molar-refractivity contribution in [1.82, 2.24) is 10.3 Å². The zero-order chi connectivity index (χ0) is 24.1. The summed E-state index contributed by atoms with van der Waals surface area (Å²) < 4.78 is 44.1. The van der Waals surface area contributed by atoms with E-state index < -0.39 is 11.6 Å². The minimum absolute atomic E-state index is 0. The molecule has 0 saturated carbocycles. The van der Waals surface area contributed by atoms with E-state index >= 15 is 0 Å². The number of nitrogens with one attached hydrogen (secondary N) is 1. The van der Waals surface area contributed by atoms with E-state index in [0.717, 1.165) is 42.6 Å². The first-order valence-electron chi connectivity index (χ1n) is 11.2. The molecule has 0 atom stereocenters. The largest absolute Gasteiger partial charge is 0.493 e. The molecule has 36 heavy (non-hydrogen) atoms. The predicted octanol–water partition coefficient (Wildman–Crippen LogP) is 5.65. The summed E-state index contributed by atoms with van der Waals surface area (Å²) in [5.41, 5.74) is 3.36. The SMILES string of the molecule is COc1cc(-c2cncc(CN(c3ccc(F)c(F)c3)C3CCNCC3)c2)cc(OC)c1OC.Cl.Cl. The molecular formula is C26H31Cl2F2N3O3. The van der Waals surface area contributed by atoms with Gasteiger partial charge >= 0.3 is 0 Å². The van der Waals surface area contributed by atoms with Crippen molar-refractivity contribution >= 4 is 30.5 Å². The zero-order valence-electron chi connectivity index (χ0n) is 20.4. The lowest BCUT2D eigenvalue weighted by atomic mass is 10.0. The van der Waals surface area contributed by atoms with Crippen LogP contribution in [0.25, 0.3) is 11.1 Å². The fourth-order valence-corrected chi connectivity index (χ4v) is 4.39. The van der Waals surface area contributed by atoms with Crippen molar-refractivity contribution in [2.24, 2.45) is 0 Å². The maximum atomic E-state index is 14.1. The minimum atomic E-state index is -0.847. The highest BCUT2D eigenvalue weighted by atomic mass is 35.5. The van der Waals surface area contributed by atoms with Crippen molar-refractivity contribution in [3.05, 3.63) is 66.0 Å². The number of ether oxygens (including phenoxy) is 3. The number of methoxy groups -OCH3 is 3. The molecule has 0 aliphatic carbocycles. The fourth-order valence-electron chi connectivity index (χ4n) is 4.39. The summed E-state index contributed by atoms with van der Waals surface area (Å²) in [5, 5.41) is 3.36. The maximum Gasteiger partial charge on any atom is 0.203 e. The van der Waals surface area contributed by atoms with Crippen molar-refractivity contribution in [2.45, 2.75) is 25.4 Å². The molecule has 0 spiro atoms. The third-order valence-electron chi connectivity index (χ3n) is 6.13. The summed E-state index contributed by atoms with van der Waals surface area (Å²) in [7, 11) is 4.72. The summed E-state index contributed by atoms with van der Waals surface area (Å²) in [5.74, 6) is -0.0603. The standard InChI is InChI=1S/C26H29F2N3O3.2ClH/c1-32-24-11-18(12-25(33-2)26(24)34-3)19-10-17(14-30-15-19)16-31(20-6-8-29-9-7-20)21-4-5-22(27)23(28)13-21;;/h4-5,10-15,20,29H,6-9,16H2,1-3H3;2*1H. The van der Waals surface area contributed by atoms with Crippen molar-refractivity contribution in [1.29, 1.82) is 0 Å². The van der Waals surface area contributed by atoms with E-state index in [-0.39, 0.29) is 30.9 Å². The van der Waals surface area contributed by atoms with Crippen LogP contribution in [0.15, 0.2) is 48.8 Å². The van der Waals surface area contributed by atoms with E-state index in [0.29, 0.717) is 29.5 Å². The van der Waals surface area contributed by atoms with Crippen molar-refractivity contribution in [2.75, 3.05) is 39.3 Å². The Morgan fingerprint density at radius 2 is 1.53 bits per heavy atom. The molecule has 1 aromatic heterocycles. The molecule has 0 unspecified atom stereocenters. The van der Waals surface area contributed by atoms with Crippen LogP contribution < -0.4 is 24.4 Å². The molecule has 10 heteroatoms. The molecule has 196 valence electrons. The Kier molecular flexibility index (Phi) is 11.0. The maximum absolute atomic E-state index is 14.1. The zero-order valence-corrected chi connectivity index (χ0v) is 22.1. The first-order valence-corrected chi connectivity index (χ1v) is 11.2. The second-order valence-corrected chi connectivity index (χ2v) is 8.20. The van der Waals surface area contributed by atoms with Crippen LogP contribution in [0.3, 0.4) is 0 Å². The normalized spacial score (nSPS) is 13.2. The molecule has 3 aromatic rings. The second kappa shape index (κ2) is 13.5. The number of benzene rings is 2. The van der Waals surface area contributed by atoms with Crippen LogP contribution in [0.5, 0.6) is 17.2 Å². The Morgan fingerprint density at radius 1 is 0.861 bits per heavy atom. The summed E-state index contributed by atoms with van der Waals surface area (Å²) in [6, 6.07) is 10.1. The van der Waals surface area contributed by atoms with Gasteiger partial charge in [-0.3, -0.25) is 4.98 Å². The van der Waals surface area contributed by atoms with E-state index in [2.05, 4.69) is 15.2 Å². The van der Waals surface area contributed by atoms with E-state index in [1.54, 1.807) is 39.8 Å². The predicted molar refractivity (Wildman–Crippen MR) is 142 cm³/mol. The van der Waals surface area contributed by atoms with Crippen molar-refractivity contribution in [3.8, 4) is 28.4 Å². The average molecular weight is 542 g/mol. The Labute approximate surface area is 222 Å². The molecule has 0 amide bonds. The Balaban J connectivity index is 0.00000228. The topological polar surface area (TPSA) is 55.9 Å². The summed E-state index contributed by atoms with van der Waals surface area (Å²) in [6.45, 7) is 2.28. The first kappa shape index (κ1) is 29.4. The summed E-state index contributed by atoms with van der Waals surface area (Å²) in [6.07, 6.45) is 5.41. The second-order valence-electron chi connectivity index (χ2n) is 8.20. The molecule has 1 fully saturated rings. The quantitative estimate of drug-likeness (QED) is 0.397. The molecule has 2 heterocycles. The number of anilines is 1. The number of piperidine rings is 1. The van der Waals surface area contributed by atoms with Crippen LogP contribution in [0.2, 0.25) is 0 Å². The van der Waals surface area contributed by atoms with Gasteiger partial charge in [-0.2, -0.15) is 0 Å². The molecule has 1 aliphatic heterocycles.